The molecule has 0 aliphatic heterocycles. The lowest BCUT2D eigenvalue weighted by Crippen LogP contribution is -2.82. The molecule has 0 fully saturated rings. The van der Waals surface area contributed by atoms with Crippen LogP contribution in [0.15, 0.2) is 48.5 Å². The number of anilines is 1. The van der Waals surface area contributed by atoms with Crippen molar-refractivity contribution in [2.45, 2.75) is 0 Å². The second kappa shape index (κ2) is 7.14. The number of phenolic OH excluding ortho intramolecular Hbond substituents is 1. The van der Waals surface area contributed by atoms with E-state index in [-0.39, 0.29) is 17.0 Å². The van der Waals surface area contributed by atoms with Crippen LogP contribution in [0.4, 0.5) is 11.4 Å². The van der Waals surface area contributed by atoms with Crippen molar-refractivity contribution >= 4 is 34.9 Å². The first-order chi connectivity index (χ1) is 10.6. The van der Waals surface area contributed by atoms with Crippen LogP contribution in [0.3, 0.4) is 0 Å². The monoisotopic (exact) mass is 317 g/mol. The molecule has 112 valence electrons. The van der Waals surface area contributed by atoms with Crippen molar-refractivity contribution in [1.82, 2.24) is 5.43 Å². The fourth-order valence-corrected chi connectivity index (χ4v) is 1.81. The van der Waals surface area contributed by atoms with Crippen molar-refractivity contribution in [1.29, 1.82) is 0 Å². The summed E-state index contributed by atoms with van der Waals surface area (Å²) < 4.78 is 0. The summed E-state index contributed by atoms with van der Waals surface area (Å²) in [4.78, 5) is 10.2. The highest BCUT2D eigenvalue weighted by molar-refractivity contribution is 7.80. The highest BCUT2D eigenvalue weighted by atomic mass is 32.1. The quantitative estimate of drug-likeness (QED) is 0.287. The molecule has 2 aromatic rings. The molecule has 0 radical (unpaired) electrons. The third-order valence-electron chi connectivity index (χ3n) is 2.67. The van der Waals surface area contributed by atoms with Crippen LogP contribution in [0.25, 0.3) is 0 Å². The Labute approximate surface area is 131 Å². The number of hydrazine groups is 1. The molecule has 8 heteroatoms. The van der Waals surface area contributed by atoms with E-state index in [0.717, 1.165) is 5.69 Å². The van der Waals surface area contributed by atoms with E-state index in [2.05, 4.69) is 15.8 Å². The van der Waals surface area contributed by atoms with Crippen LogP contribution in [0, 0.1) is 10.1 Å². The van der Waals surface area contributed by atoms with Gasteiger partial charge in [-0.3, -0.25) is 10.1 Å². The van der Waals surface area contributed by atoms with Gasteiger partial charge >= 0.3 is 0 Å². The molecule has 0 aliphatic carbocycles. The topological polar surface area (TPSA) is 101 Å². The van der Waals surface area contributed by atoms with E-state index in [1.54, 1.807) is 0 Å². The first kappa shape index (κ1) is 15.4. The maximum atomic E-state index is 10.7. The molecule has 0 atom stereocenters. The fraction of sp³-hybridized carbons (Fsp3) is 0. The van der Waals surface area contributed by atoms with Gasteiger partial charge in [-0.1, -0.05) is 18.2 Å². The van der Waals surface area contributed by atoms with Gasteiger partial charge in [-0.25, -0.2) is 0 Å². The SMILES string of the molecule is O=[N+]([O-])c1ccc(O)c(/C=[NH+]/NC(=S)Nc2ccccc2)c1. The Morgan fingerprint density at radius 1 is 1.27 bits per heavy atom. The van der Waals surface area contributed by atoms with Gasteiger partial charge in [0, 0.05) is 17.8 Å². The summed E-state index contributed by atoms with van der Waals surface area (Å²) in [5.41, 5.74) is 3.66. The Hall–Kier alpha value is -3.00. The van der Waals surface area contributed by atoms with Crippen molar-refractivity contribution in [2.75, 3.05) is 5.32 Å². The van der Waals surface area contributed by atoms with Gasteiger partial charge in [-0.05, 0) is 30.4 Å². The number of nitro benzene ring substituents is 1. The lowest BCUT2D eigenvalue weighted by Gasteiger charge is -2.03. The molecule has 22 heavy (non-hydrogen) atoms. The summed E-state index contributed by atoms with van der Waals surface area (Å²) in [7, 11) is 0. The number of nitrogens with one attached hydrogen (secondary N) is 3. The normalized spacial score (nSPS) is 10.4. The van der Waals surface area contributed by atoms with E-state index in [9.17, 15) is 15.2 Å². The van der Waals surface area contributed by atoms with E-state index in [1.165, 1.54) is 24.4 Å². The van der Waals surface area contributed by atoms with Gasteiger partial charge in [0.25, 0.3) is 5.69 Å². The predicted octanol–water partition coefficient (Wildman–Crippen LogP) is 0.702. The molecule has 0 saturated heterocycles. The van der Waals surface area contributed by atoms with Crippen LogP contribution in [-0.4, -0.2) is 21.4 Å². The second-order valence-electron chi connectivity index (χ2n) is 4.23. The molecular weight excluding hydrogens is 304 g/mol. The highest BCUT2D eigenvalue weighted by Gasteiger charge is 2.10. The Morgan fingerprint density at radius 2 is 2.00 bits per heavy atom. The molecule has 0 spiro atoms. The van der Waals surface area contributed by atoms with E-state index < -0.39 is 4.92 Å². The second-order valence-corrected chi connectivity index (χ2v) is 4.64. The summed E-state index contributed by atoms with van der Waals surface area (Å²) in [6.45, 7) is 0. The Kier molecular flexibility index (Phi) is 4.99. The van der Waals surface area contributed by atoms with Crippen LogP contribution < -0.4 is 15.8 Å². The van der Waals surface area contributed by atoms with Crippen molar-refractivity contribution in [3.05, 3.63) is 64.2 Å². The maximum Gasteiger partial charge on any atom is 0.270 e. The number of rotatable bonds is 4. The number of nitrogens with zero attached hydrogens (tertiary/aromatic N) is 1. The van der Waals surface area contributed by atoms with Gasteiger partial charge in [-0.15, -0.1) is 10.5 Å². The van der Waals surface area contributed by atoms with Crippen LogP contribution in [-0.2, 0) is 0 Å². The third-order valence-corrected chi connectivity index (χ3v) is 2.87. The van der Waals surface area contributed by atoms with E-state index >= 15 is 0 Å². The molecule has 0 saturated carbocycles. The summed E-state index contributed by atoms with van der Waals surface area (Å²) in [6, 6.07) is 13.1. The van der Waals surface area contributed by atoms with Gasteiger partial charge in [0.15, 0.2) is 0 Å². The number of para-hydroxylation sites is 1. The van der Waals surface area contributed by atoms with Crippen LogP contribution >= 0.6 is 12.2 Å². The van der Waals surface area contributed by atoms with E-state index in [1.807, 2.05) is 30.3 Å². The van der Waals surface area contributed by atoms with Crippen molar-refractivity contribution in [3.63, 3.8) is 0 Å². The van der Waals surface area contributed by atoms with Crippen molar-refractivity contribution < 1.29 is 15.1 Å². The third kappa shape index (κ3) is 4.25. The predicted molar refractivity (Wildman–Crippen MR) is 86.7 cm³/mol. The molecule has 0 aromatic heterocycles. The van der Waals surface area contributed by atoms with Crippen LogP contribution in [0.5, 0.6) is 5.75 Å². The number of hydrazone groups is 1. The summed E-state index contributed by atoms with van der Waals surface area (Å²) >= 11 is 5.08. The minimum Gasteiger partial charge on any atom is -0.507 e. The molecular formula is C14H13N4O3S+. The van der Waals surface area contributed by atoms with Crippen LogP contribution in [0.2, 0.25) is 0 Å². The van der Waals surface area contributed by atoms with Crippen molar-refractivity contribution in [2.24, 2.45) is 0 Å². The van der Waals surface area contributed by atoms with Crippen LogP contribution in [0.1, 0.15) is 5.56 Å². The van der Waals surface area contributed by atoms with Crippen molar-refractivity contribution in [3.8, 4) is 5.75 Å². The number of benzene rings is 2. The lowest BCUT2D eigenvalue weighted by atomic mass is 10.2. The average molecular weight is 317 g/mol. The number of nitro groups is 1. The zero-order valence-electron chi connectivity index (χ0n) is 11.3. The number of thiocarbonyl (C=S) groups is 1. The summed E-state index contributed by atoms with van der Waals surface area (Å²) in [6.07, 6.45) is 1.38. The average Bonchev–Trinajstić information content (AvgIpc) is 2.50. The Morgan fingerprint density at radius 3 is 2.68 bits per heavy atom. The summed E-state index contributed by atoms with van der Waals surface area (Å²) in [5.74, 6) is -0.0816. The largest absolute Gasteiger partial charge is 0.507 e. The molecule has 0 bridgehead atoms. The number of non-ortho nitro benzene ring substituents is 1. The smallest absolute Gasteiger partial charge is 0.270 e. The zero-order valence-corrected chi connectivity index (χ0v) is 12.1. The van der Waals surface area contributed by atoms with E-state index in [4.69, 9.17) is 12.2 Å². The fourth-order valence-electron chi connectivity index (χ4n) is 1.63. The molecule has 0 aliphatic rings. The molecule has 4 N–H and O–H groups in total. The molecule has 0 unspecified atom stereocenters. The van der Waals surface area contributed by atoms with Gasteiger partial charge in [-0.2, -0.15) is 0 Å². The Balaban J connectivity index is 1.99. The minimum atomic E-state index is -0.536. The first-order valence-electron chi connectivity index (χ1n) is 6.24. The molecule has 0 heterocycles. The number of hydrogen-bond donors (Lipinski definition) is 4. The van der Waals surface area contributed by atoms with Gasteiger partial charge in [0.2, 0.25) is 11.3 Å². The molecule has 7 nitrogen and oxygen atoms in total. The molecule has 2 aromatic carbocycles. The number of hydrogen-bond acceptors (Lipinski definition) is 4. The molecule has 2 rings (SSSR count). The first-order valence-corrected chi connectivity index (χ1v) is 6.65. The van der Waals surface area contributed by atoms with Gasteiger partial charge < -0.3 is 10.4 Å². The Bertz CT molecular complexity index is 719. The standard InChI is InChI=1S/C14H12N4O3S/c19-13-7-6-12(18(20)21)8-10(13)9-15-17-14(22)16-11-4-2-1-3-5-11/h1-9,19H,(H2,16,17,22)/p+1/b15-9+. The lowest BCUT2D eigenvalue weighted by molar-refractivity contribution is -0.499. The number of phenols is 1. The highest BCUT2D eigenvalue weighted by Crippen LogP contribution is 2.20. The minimum absolute atomic E-state index is 0.0816. The summed E-state index contributed by atoms with van der Waals surface area (Å²) in [5, 5.41) is 26.3. The maximum absolute atomic E-state index is 10.7. The molecule has 0 amide bonds. The van der Waals surface area contributed by atoms with Gasteiger partial charge in [0.1, 0.15) is 5.75 Å². The zero-order chi connectivity index (χ0) is 15.9. The number of aromatic hydroxyl groups is 1. The van der Waals surface area contributed by atoms with E-state index in [0.29, 0.717) is 5.11 Å². The van der Waals surface area contributed by atoms with Gasteiger partial charge in [0.05, 0.1) is 10.5 Å².